The topological polar surface area (TPSA) is 38.9 Å². The summed E-state index contributed by atoms with van der Waals surface area (Å²) in [5.74, 6) is 0. The van der Waals surface area contributed by atoms with Gasteiger partial charge in [-0.25, -0.2) is 4.98 Å². The van der Waals surface area contributed by atoms with E-state index in [0.29, 0.717) is 0 Å². The molecule has 80 valence electrons. The van der Waals surface area contributed by atoms with Gasteiger partial charge in [-0.05, 0) is 50.5 Å². The van der Waals surface area contributed by atoms with Crippen molar-refractivity contribution in [3.63, 3.8) is 0 Å². The van der Waals surface area contributed by atoms with Gasteiger partial charge in [0, 0.05) is 0 Å². The fraction of sp³-hybridized carbons (Fsp3) is 0.100. The summed E-state index contributed by atoms with van der Waals surface area (Å²) >= 11 is 4.98. The van der Waals surface area contributed by atoms with Crippen LogP contribution >= 0.6 is 39.7 Å². The van der Waals surface area contributed by atoms with E-state index in [0.717, 1.165) is 15.9 Å². The van der Waals surface area contributed by atoms with Gasteiger partial charge in [-0.3, -0.25) is 0 Å². The third-order valence-corrected chi connectivity index (χ3v) is 3.10. The van der Waals surface area contributed by atoms with Crippen LogP contribution in [0.25, 0.3) is 0 Å². The van der Waals surface area contributed by atoms with E-state index in [1.165, 1.54) is 0 Å². The second kappa shape index (κ2) is 5.61. The highest BCUT2D eigenvalue weighted by molar-refractivity contribution is 9.10. The van der Waals surface area contributed by atoms with Crippen LogP contribution in [0, 0.1) is 0 Å². The van der Waals surface area contributed by atoms with Gasteiger partial charge in [-0.1, -0.05) is 6.07 Å². The van der Waals surface area contributed by atoms with Crippen molar-refractivity contribution < 1.29 is 0 Å². The first-order valence-corrected chi connectivity index (χ1v) is 5.91. The molecule has 0 amide bonds. The largest absolute Gasteiger partial charge is 0.319 e. The number of hydrogen-bond donors (Lipinski definition) is 1. The summed E-state index contributed by atoms with van der Waals surface area (Å²) in [6, 6.07) is 7.67. The number of hydrogen-bond acceptors (Lipinski definition) is 3. The highest BCUT2D eigenvalue weighted by Gasteiger charge is 2.10. The quantitative estimate of drug-likeness (QED) is 0.864. The van der Waals surface area contributed by atoms with Gasteiger partial charge in [-0.15, -0.1) is 12.4 Å². The summed E-state index contributed by atoms with van der Waals surface area (Å²) in [5.41, 5.74) is 8.05. The molecule has 0 spiro atoms. The van der Waals surface area contributed by atoms with Crippen LogP contribution in [0.3, 0.4) is 0 Å². The average Bonchev–Trinajstić information content (AvgIpc) is 2.69. The number of nitrogens with zero attached hydrogens (tertiary/aromatic N) is 1. The molecule has 0 saturated carbocycles. The van der Waals surface area contributed by atoms with Gasteiger partial charge in [0.1, 0.15) is 4.60 Å². The lowest BCUT2D eigenvalue weighted by atomic mass is 10.1. The first-order valence-electron chi connectivity index (χ1n) is 4.17. The smallest absolute Gasteiger partial charge is 0.106 e. The molecule has 0 fully saturated rings. The molecule has 0 radical (unpaired) electrons. The molecule has 2 N–H and O–H groups in total. The molecule has 0 bridgehead atoms. The van der Waals surface area contributed by atoms with Crippen LogP contribution in [-0.4, -0.2) is 4.98 Å². The van der Waals surface area contributed by atoms with E-state index in [1.807, 2.05) is 35.0 Å². The van der Waals surface area contributed by atoms with Crippen molar-refractivity contribution in [1.82, 2.24) is 4.98 Å². The molecule has 0 unspecified atom stereocenters. The molecule has 0 aliphatic rings. The molecule has 2 aromatic heterocycles. The third-order valence-electron chi connectivity index (χ3n) is 1.96. The van der Waals surface area contributed by atoms with E-state index >= 15 is 0 Å². The van der Waals surface area contributed by atoms with E-state index in [2.05, 4.69) is 20.9 Å². The minimum atomic E-state index is -0.126. The van der Waals surface area contributed by atoms with Gasteiger partial charge >= 0.3 is 0 Å². The van der Waals surface area contributed by atoms with Crippen LogP contribution in [-0.2, 0) is 0 Å². The van der Waals surface area contributed by atoms with Crippen molar-refractivity contribution in [1.29, 1.82) is 0 Å². The Bertz CT molecular complexity index is 419. The van der Waals surface area contributed by atoms with Crippen LogP contribution in [0.4, 0.5) is 0 Å². The van der Waals surface area contributed by atoms with Gasteiger partial charge in [0.2, 0.25) is 0 Å². The van der Waals surface area contributed by atoms with E-state index in [9.17, 15) is 0 Å². The summed E-state index contributed by atoms with van der Waals surface area (Å²) in [7, 11) is 0. The standard InChI is InChI=1S/C10H9BrN2S.ClH/c11-9-3-1-2-8(13-9)10(12)7-4-5-14-6-7;/h1-6,10H,12H2;1H/t10-;/m1./s1. The zero-order chi connectivity index (χ0) is 9.97. The van der Waals surface area contributed by atoms with Crippen LogP contribution in [0.15, 0.2) is 39.6 Å². The maximum absolute atomic E-state index is 6.05. The molecule has 0 aliphatic heterocycles. The minimum absolute atomic E-state index is 0. The monoisotopic (exact) mass is 304 g/mol. The van der Waals surface area contributed by atoms with Crippen molar-refractivity contribution in [3.05, 3.63) is 50.9 Å². The van der Waals surface area contributed by atoms with E-state index in [-0.39, 0.29) is 18.4 Å². The molecule has 2 rings (SSSR count). The second-order valence-electron chi connectivity index (χ2n) is 2.92. The summed E-state index contributed by atoms with van der Waals surface area (Å²) in [6.07, 6.45) is 0. The van der Waals surface area contributed by atoms with Crippen molar-refractivity contribution in [2.45, 2.75) is 6.04 Å². The van der Waals surface area contributed by atoms with Crippen LogP contribution < -0.4 is 5.73 Å². The Labute approximate surface area is 107 Å². The third kappa shape index (κ3) is 3.01. The van der Waals surface area contributed by atoms with Crippen molar-refractivity contribution in [2.24, 2.45) is 5.73 Å². The van der Waals surface area contributed by atoms with Gasteiger partial charge in [0.15, 0.2) is 0 Å². The number of thiophene rings is 1. The van der Waals surface area contributed by atoms with Crippen molar-refractivity contribution in [3.8, 4) is 0 Å². The first kappa shape index (κ1) is 12.6. The van der Waals surface area contributed by atoms with Gasteiger partial charge in [-0.2, -0.15) is 11.3 Å². The zero-order valence-corrected chi connectivity index (χ0v) is 11.0. The summed E-state index contributed by atoms with van der Waals surface area (Å²) in [6.45, 7) is 0. The molecule has 2 aromatic rings. The summed E-state index contributed by atoms with van der Waals surface area (Å²) in [4.78, 5) is 4.33. The van der Waals surface area contributed by atoms with E-state index < -0.39 is 0 Å². The molecular weight excluding hydrogens is 296 g/mol. The number of pyridine rings is 1. The number of rotatable bonds is 2. The molecule has 0 saturated heterocycles. The fourth-order valence-corrected chi connectivity index (χ4v) is 2.27. The van der Waals surface area contributed by atoms with Gasteiger partial charge in [0.05, 0.1) is 11.7 Å². The number of halogens is 2. The zero-order valence-electron chi connectivity index (χ0n) is 7.76. The molecule has 0 aliphatic carbocycles. The highest BCUT2D eigenvalue weighted by Crippen LogP contribution is 2.21. The Balaban J connectivity index is 0.00000112. The Morgan fingerprint density at radius 2 is 2.13 bits per heavy atom. The Kier molecular flexibility index (Phi) is 4.73. The van der Waals surface area contributed by atoms with Crippen LogP contribution in [0.5, 0.6) is 0 Å². The normalized spacial score (nSPS) is 11.9. The molecule has 0 aromatic carbocycles. The summed E-state index contributed by atoms with van der Waals surface area (Å²) < 4.78 is 0.820. The van der Waals surface area contributed by atoms with E-state index in [4.69, 9.17) is 5.73 Å². The fourth-order valence-electron chi connectivity index (χ4n) is 1.22. The predicted molar refractivity (Wildman–Crippen MR) is 69.5 cm³/mol. The molecule has 1 atom stereocenters. The number of aromatic nitrogens is 1. The summed E-state index contributed by atoms with van der Waals surface area (Å²) in [5, 5.41) is 4.07. The lowest BCUT2D eigenvalue weighted by molar-refractivity contribution is 0.829. The average molecular weight is 306 g/mol. The van der Waals surface area contributed by atoms with Gasteiger partial charge in [0.25, 0.3) is 0 Å². The minimum Gasteiger partial charge on any atom is -0.319 e. The second-order valence-corrected chi connectivity index (χ2v) is 4.51. The van der Waals surface area contributed by atoms with Crippen LogP contribution in [0.2, 0.25) is 0 Å². The van der Waals surface area contributed by atoms with E-state index in [1.54, 1.807) is 11.3 Å². The van der Waals surface area contributed by atoms with Crippen molar-refractivity contribution >= 4 is 39.7 Å². The van der Waals surface area contributed by atoms with Crippen molar-refractivity contribution in [2.75, 3.05) is 0 Å². The molecular formula is C10H10BrClN2S. The maximum Gasteiger partial charge on any atom is 0.106 e. The maximum atomic E-state index is 6.05. The molecule has 2 heterocycles. The first-order chi connectivity index (χ1) is 6.77. The molecule has 5 heteroatoms. The number of nitrogens with two attached hydrogens (primary N) is 1. The van der Waals surface area contributed by atoms with Crippen LogP contribution in [0.1, 0.15) is 17.3 Å². The van der Waals surface area contributed by atoms with Gasteiger partial charge < -0.3 is 5.73 Å². The Morgan fingerprint density at radius 1 is 1.33 bits per heavy atom. The highest BCUT2D eigenvalue weighted by atomic mass is 79.9. The Hall–Kier alpha value is -0.420. The molecule has 2 nitrogen and oxygen atoms in total. The lowest BCUT2D eigenvalue weighted by Crippen LogP contribution is -2.12. The predicted octanol–water partition coefficient (Wildman–Crippen LogP) is 3.38. The molecule has 15 heavy (non-hydrogen) atoms. The Morgan fingerprint density at radius 3 is 2.73 bits per heavy atom. The lowest BCUT2D eigenvalue weighted by Gasteiger charge is -2.08. The SMILES string of the molecule is Cl.N[C@H](c1ccsc1)c1cccc(Br)n1.